The van der Waals surface area contributed by atoms with Gasteiger partial charge in [0.15, 0.2) is 10.8 Å². The monoisotopic (exact) mass is 210 g/mol. The van der Waals surface area contributed by atoms with Gasteiger partial charge >= 0.3 is 5.69 Å². The molecule has 0 radical (unpaired) electrons. The number of ketones is 1. The molecule has 0 fully saturated rings. The van der Waals surface area contributed by atoms with Crippen LogP contribution in [0.3, 0.4) is 0 Å². The van der Waals surface area contributed by atoms with E-state index in [0.29, 0.717) is 11.3 Å². The van der Waals surface area contributed by atoms with E-state index in [1.54, 1.807) is 24.3 Å². The first-order valence-electron chi connectivity index (χ1n) is 4.15. The van der Waals surface area contributed by atoms with Crippen molar-refractivity contribution in [3.8, 4) is 0 Å². The first-order valence-corrected chi connectivity index (χ1v) is 4.15. The highest BCUT2D eigenvalue weighted by Gasteiger charge is 2.21. The predicted molar refractivity (Wildman–Crippen MR) is 50.4 cm³/mol. The molecule has 0 unspecified atom stereocenters. The molecule has 0 aliphatic carbocycles. The third kappa shape index (κ3) is 2.54. The molecule has 0 N–H and O–H groups in total. The highest BCUT2D eigenvalue weighted by molar-refractivity contribution is 6.02. The zero-order chi connectivity index (χ0) is 9.84. The molecule has 0 aromatic heterocycles. The van der Waals surface area contributed by atoms with Gasteiger partial charge in [-0.3, -0.25) is 4.79 Å². The Labute approximate surface area is 89.2 Å². The third-order valence-corrected chi connectivity index (χ3v) is 1.80. The van der Waals surface area contributed by atoms with Crippen LogP contribution in [0.25, 0.3) is 4.98 Å². The summed E-state index contributed by atoms with van der Waals surface area (Å²) in [5.74, 6) is -0.0868. The number of hydrogen-bond donors (Lipinski definition) is 0. The zero-order valence-electron chi connectivity index (χ0n) is 8.07. The van der Waals surface area contributed by atoms with E-state index in [1.165, 1.54) is 0 Å². The molecule has 0 atom stereocenters. The molecule has 74 valence electrons. The summed E-state index contributed by atoms with van der Waals surface area (Å²) in [6.45, 7) is 3.63. The van der Waals surface area contributed by atoms with Crippen LogP contribution in [0, 0.1) is 11.3 Å². The van der Waals surface area contributed by atoms with Gasteiger partial charge in [-0.05, 0) is 6.07 Å². The number of nitrogens with zero attached hydrogens (tertiary/aromatic N) is 2. The van der Waals surface area contributed by atoms with E-state index in [2.05, 4.69) is 4.98 Å². The summed E-state index contributed by atoms with van der Waals surface area (Å²) in [5, 5.41) is 8.62. The van der Waals surface area contributed by atoms with E-state index < -0.39 is 0 Å². The van der Waals surface area contributed by atoms with Crippen molar-refractivity contribution in [2.24, 2.45) is 5.92 Å². The normalized spacial score (nSPS) is 9.00. The SMILES string of the molecule is CC(C)C(=O)c1ccccc1[N+]#N.[Cl-]. The van der Waals surface area contributed by atoms with Crippen LogP contribution in [0.4, 0.5) is 5.69 Å². The minimum atomic E-state index is -0.0806. The summed E-state index contributed by atoms with van der Waals surface area (Å²) in [4.78, 5) is 14.6. The van der Waals surface area contributed by atoms with E-state index in [-0.39, 0.29) is 24.1 Å². The Kier molecular flexibility index (Phi) is 4.82. The van der Waals surface area contributed by atoms with Gasteiger partial charge in [0.2, 0.25) is 5.39 Å². The number of hydrogen-bond acceptors (Lipinski definition) is 2. The van der Waals surface area contributed by atoms with Crippen molar-refractivity contribution in [2.75, 3.05) is 0 Å². The summed E-state index contributed by atoms with van der Waals surface area (Å²) in [5.41, 5.74) is 0.807. The Morgan fingerprint density at radius 1 is 1.36 bits per heavy atom. The Morgan fingerprint density at radius 3 is 2.43 bits per heavy atom. The summed E-state index contributed by atoms with van der Waals surface area (Å²) in [7, 11) is 0. The van der Waals surface area contributed by atoms with E-state index >= 15 is 0 Å². The van der Waals surface area contributed by atoms with Crippen molar-refractivity contribution in [1.82, 2.24) is 0 Å². The Bertz CT molecular complexity index is 369. The van der Waals surface area contributed by atoms with E-state index in [4.69, 9.17) is 5.39 Å². The van der Waals surface area contributed by atoms with Crippen molar-refractivity contribution in [2.45, 2.75) is 13.8 Å². The van der Waals surface area contributed by atoms with Gasteiger partial charge in [0.25, 0.3) is 0 Å². The molecule has 0 bridgehead atoms. The van der Waals surface area contributed by atoms with Gasteiger partial charge in [0.05, 0.1) is 0 Å². The summed E-state index contributed by atoms with van der Waals surface area (Å²) in [6.07, 6.45) is 0. The number of carbonyl (C=O) groups is 1. The van der Waals surface area contributed by atoms with Crippen LogP contribution in [-0.4, -0.2) is 5.78 Å². The van der Waals surface area contributed by atoms with Gasteiger partial charge in [0, 0.05) is 12.0 Å². The fourth-order valence-electron chi connectivity index (χ4n) is 1.08. The predicted octanol–water partition coefficient (Wildman–Crippen LogP) is 0.0139. The van der Waals surface area contributed by atoms with Gasteiger partial charge in [-0.25, -0.2) is 0 Å². The van der Waals surface area contributed by atoms with Crippen molar-refractivity contribution in [3.63, 3.8) is 0 Å². The molecule has 4 heteroatoms. The molecule has 0 spiro atoms. The second-order valence-electron chi connectivity index (χ2n) is 3.14. The number of diazo groups is 1. The van der Waals surface area contributed by atoms with E-state index in [9.17, 15) is 4.79 Å². The number of benzene rings is 1. The van der Waals surface area contributed by atoms with Crippen molar-refractivity contribution in [1.29, 1.82) is 5.39 Å². The number of rotatable bonds is 2. The average Bonchev–Trinajstić information content (AvgIpc) is 2.16. The molecule has 14 heavy (non-hydrogen) atoms. The molecule has 0 saturated carbocycles. The Balaban J connectivity index is 0.00000169. The lowest BCUT2D eigenvalue weighted by Gasteiger charge is -2.00. The molecule has 1 aromatic rings. The lowest BCUT2D eigenvalue weighted by molar-refractivity contribution is -0.0000106. The maximum Gasteiger partial charge on any atom is 0.395 e. The van der Waals surface area contributed by atoms with Crippen molar-refractivity contribution in [3.05, 3.63) is 34.8 Å². The fraction of sp³-hybridized carbons (Fsp3) is 0.300. The lowest BCUT2D eigenvalue weighted by atomic mass is 10.00. The molecule has 1 aromatic carbocycles. The van der Waals surface area contributed by atoms with Gasteiger partial charge < -0.3 is 12.4 Å². The molecule has 0 aliphatic rings. The van der Waals surface area contributed by atoms with E-state index in [0.717, 1.165) is 0 Å². The van der Waals surface area contributed by atoms with Gasteiger partial charge in [-0.1, -0.05) is 26.0 Å². The van der Waals surface area contributed by atoms with Crippen LogP contribution >= 0.6 is 0 Å². The van der Waals surface area contributed by atoms with Crippen LogP contribution in [0.2, 0.25) is 0 Å². The molecule has 1 rings (SSSR count). The molecular formula is C10H11ClN2O. The largest absolute Gasteiger partial charge is 1.00 e. The molecule has 0 heterocycles. The molecule has 0 amide bonds. The number of carbonyl (C=O) groups excluding carboxylic acids is 1. The minimum absolute atomic E-state index is 0. The van der Waals surface area contributed by atoms with Crippen LogP contribution in [0.1, 0.15) is 24.2 Å². The maximum absolute atomic E-state index is 11.6. The highest BCUT2D eigenvalue weighted by atomic mass is 35.5. The average molecular weight is 211 g/mol. The summed E-state index contributed by atoms with van der Waals surface area (Å²) in [6, 6.07) is 6.75. The highest BCUT2D eigenvalue weighted by Crippen LogP contribution is 2.21. The lowest BCUT2D eigenvalue weighted by Crippen LogP contribution is -3.00. The molecule has 0 aliphatic heterocycles. The van der Waals surface area contributed by atoms with Crippen molar-refractivity contribution < 1.29 is 17.2 Å². The van der Waals surface area contributed by atoms with Crippen LogP contribution in [0.15, 0.2) is 24.3 Å². The zero-order valence-corrected chi connectivity index (χ0v) is 8.82. The smallest absolute Gasteiger partial charge is 0.395 e. The Morgan fingerprint density at radius 2 is 1.93 bits per heavy atom. The van der Waals surface area contributed by atoms with Crippen molar-refractivity contribution >= 4 is 11.5 Å². The van der Waals surface area contributed by atoms with E-state index in [1.807, 2.05) is 13.8 Å². The quantitative estimate of drug-likeness (QED) is 0.510. The maximum atomic E-state index is 11.6. The fourth-order valence-corrected chi connectivity index (χ4v) is 1.08. The Hall–Kier alpha value is -1.40. The second-order valence-corrected chi connectivity index (χ2v) is 3.14. The first kappa shape index (κ1) is 12.6. The minimum Gasteiger partial charge on any atom is -1.00 e. The molecule has 0 saturated heterocycles. The summed E-state index contributed by atoms with van der Waals surface area (Å²) >= 11 is 0. The van der Waals surface area contributed by atoms with Crippen LogP contribution in [-0.2, 0) is 0 Å². The number of halogens is 1. The van der Waals surface area contributed by atoms with Gasteiger partial charge in [-0.15, -0.1) is 0 Å². The number of Topliss-reactive ketones (excluding diaryl/α,β-unsaturated/α-hetero) is 1. The second kappa shape index (κ2) is 5.36. The third-order valence-electron chi connectivity index (χ3n) is 1.80. The van der Waals surface area contributed by atoms with Gasteiger partial charge in [0.1, 0.15) is 5.56 Å². The first-order chi connectivity index (χ1) is 6.16. The standard InChI is InChI=1S/C10H11N2O.ClH/c1-7(2)10(13)8-5-3-4-6-9(8)12-11;/h3-7H,1-2H3;1H/q+1;/p-1. The summed E-state index contributed by atoms with van der Waals surface area (Å²) < 4.78 is 0. The van der Waals surface area contributed by atoms with Gasteiger partial charge in [-0.2, -0.15) is 0 Å². The molecule has 3 nitrogen and oxygen atoms in total. The van der Waals surface area contributed by atoms with Crippen LogP contribution < -0.4 is 12.4 Å². The van der Waals surface area contributed by atoms with Crippen LogP contribution in [0.5, 0.6) is 0 Å². The topological polar surface area (TPSA) is 45.2 Å². The molecular weight excluding hydrogens is 200 g/mol.